The number of nitrogens with one attached hydrogen (secondary N) is 1. The number of hydrogen-bond donors (Lipinski definition) is 1. The minimum atomic E-state index is -4.64. The number of piperidine rings is 1. The maximum atomic E-state index is 13.1. The molecule has 10 heteroatoms. The second-order valence-corrected chi connectivity index (χ2v) is 8.39. The number of fused-ring (bicyclic) bond motifs is 1. The van der Waals surface area contributed by atoms with Gasteiger partial charge in [0, 0.05) is 19.0 Å². The predicted octanol–water partition coefficient (Wildman–Crippen LogP) is 3.87. The lowest BCUT2D eigenvalue weighted by Gasteiger charge is -2.33. The second-order valence-electron chi connectivity index (χ2n) is 8.39. The summed E-state index contributed by atoms with van der Waals surface area (Å²) in [6, 6.07) is 12.9. The lowest BCUT2D eigenvalue weighted by Crippen LogP contribution is -2.42. The molecule has 1 aliphatic rings. The third kappa shape index (κ3) is 4.53. The van der Waals surface area contributed by atoms with Crippen LogP contribution in [0.5, 0.6) is 0 Å². The molecule has 170 valence electrons. The molecule has 3 aromatic rings. The van der Waals surface area contributed by atoms with Crippen LogP contribution in [0.15, 0.2) is 42.5 Å². The van der Waals surface area contributed by atoms with Crippen molar-refractivity contribution >= 4 is 17.4 Å². The summed E-state index contributed by atoms with van der Waals surface area (Å²) in [5.74, 6) is -0.645. The van der Waals surface area contributed by atoms with E-state index in [9.17, 15) is 18.0 Å². The van der Waals surface area contributed by atoms with Gasteiger partial charge in [-0.3, -0.25) is 4.79 Å². The number of carbonyl (C=O) groups is 1. The van der Waals surface area contributed by atoms with E-state index in [4.69, 9.17) is 0 Å². The fourth-order valence-corrected chi connectivity index (χ4v) is 4.06. The molecule has 0 bridgehead atoms. The van der Waals surface area contributed by atoms with Crippen molar-refractivity contribution in [3.05, 3.63) is 53.9 Å². The van der Waals surface area contributed by atoms with Gasteiger partial charge in [-0.25, -0.2) is 0 Å². The Labute approximate surface area is 183 Å². The number of halogens is 3. The number of anilines is 1. The molecule has 1 saturated heterocycles. The normalized spacial score (nSPS) is 16.5. The van der Waals surface area contributed by atoms with E-state index < -0.39 is 12.0 Å². The average Bonchev–Trinajstić information content (AvgIpc) is 3.21. The Bertz CT molecular complexity index is 1070. The molecule has 32 heavy (non-hydrogen) atoms. The predicted molar refractivity (Wildman–Crippen MR) is 113 cm³/mol. The first kappa shape index (κ1) is 22.0. The molecule has 1 aromatic carbocycles. The quantitative estimate of drug-likeness (QED) is 0.644. The summed E-state index contributed by atoms with van der Waals surface area (Å²) in [6.45, 7) is 5.20. The molecule has 1 fully saturated rings. The lowest BCUT2D eigenvalue weighted by molar-refractivity contribution is -0.146. The number of nitrogens with zero attached hydrogens (tertiary/aromatic N) is 5. The van der Waals surface area contributed by atoms with Gasteiger partial charge in [-0.2, -0.15) is 17.7 Å². The van der Waals surface area contributed by atoms with Gasteiger partial charge in [0.25, 0.3) is 5.82 Å². The molecule has 1 N–H and O–H groups in total. The van der Waals surface area contributed by atoms with Crippen molar-refractivity contribution in [2.45, 2.75) is 38.9 Å². The zero-order chi connectivity index (χ0) is 22.9. The summed E-state index contributed by atoms with van der Waals surface area (Å²) >= 11 is 0. The van der Waals surface area contributed by atoms with Crippen LogP contribution in [-0.2, 0) is 11.0 Å². The number of hydrogen-bond acceptors (Lipinski definition) is 5. The van der Waals surface area contributed by atoms with E-state index in [-0.39, 0.29) is 29.4 Å². The van der Waals surface area contributed by atoms with E-state index in [2.05, 4.69) is 34.5 Å². The SMILES string of the molecule is CC(C)[C@H](NC(=O)C1CCN(c2ccc3nnc(C(F)(F)F)n3n2)CC1)c1ccccc1. The highest BCUT2D eigenvalue weighted by Gasteiger charge is 2.38. The Morgan fingerprint density at radius 3 is 2.38 bits per heavy atom. The maximum absolute atomic E-state index is 13.1. The van der Waals surface area contributed by atoms with Gasteiger partial charge in [-0.05, 0) is 36.5 Å². The van der Waals surface area contributed by atoms with Crippen molar-refractivity contribution in [2.24, 2.45) is 11.8 Å². The molecule has 0 saturated carbocycles. The van der Waals surface area contributed by atoms with Crippen LogP contribution < -0.4 is 10.2 Å². The van der Waals surface area contributed by atoms with Crippen LogP contribution in [0.2, 0.25) is 0 Å². The molecule has 0 spiro atoms. The standard InChI is InChI=1S/C22H25F3N6O/c1-14(2)19(15-6-4-3-5-7-15)26-20(32)16-10-12-30(13-11-16)18-9-8-17-27-28-21(22(23,24)25)31(17)29-18/h3-9,14,16,19H,10-13H2,1-2H3,(H,26,32)/t19-/m0/s1. The first-order valence-electron chi connectivity index (χ1n) is 10.6. The molecule has 3 heterocycles. The molecule has 0 unspecified atom stereocenters. The third-order valence-corrected chi connectivity index (χ3v) is 5.82. The fraction of sp³-hybridized carbons (Fsp3) is 0.455. The van der Waals surface area contributed by atoms with E-state index in [1.807, 2.05) is 35.2 Å². The molecule has 1 aliphatic heterocycles. The molecular weight excluding hydrogens is 421 g/mol. The number of rotatable bonds is 5. The van der Waals surface area contributed by atoms with Crippen LogP contribution >= 0.6 is 0 Å². The Balaban J connectivity index is 1.42. The van der Waals surface area contributed by atoms with E-state index >= 15 is 0 Å². The van der Waals surface area contributed by atoms with Gasteiger partial charge in [-0.15, -0.1) is 15.3 Å². The molecule has 0 aliphatic carbocycles. The molecule has 1 atom stereocenters. The third-order valence-electron chi connectivity index (χ3n) is 5.82. The van der Waals surface area contributed by atoms with Crippen molar-refractivity contribution in [1.82, 2.24) is 25.1 Å². The first-order chi connectivity index (χ1) is 15.2. The second kappa shape index (κ2) is 8.76. The van der Waals surface area contributed by atoms with Crippen molar-refractivity contribution in [3.63, 3.8) is 0 Å². The lowest BCUT2D eigenvalue weighted by atomic mass is 9.92. The largest absolute Gasteiger partial charge is 0.453 e. The zero-order valence-electron chi connectivity index (χ0n) is 17.9. The van der Waals surface area contributed by atoms with E-state index in [0.29, 0.717) is 31.7 Å². The number of aromatic nitrogens is 4. The average molecular weight is 446 g/mol. The Hall–Kier alpha value is -3.17. The Kier molecular flexibility index (Phi) is 6.03. The molecule has 7 nitrogen and oxygen atoms in total. The van der Waals surface area contributed by atoms with Gasteiger partial charge in [0.2, 0.25) is 5.91 Å². The minimum absolute atomic E-state index is 0.00813. The highest BCUT2D eigenvalue weighted by molar-refractivity contribution is 5.79. The smallest absolute Gasteiger partial charge is 0.355 e. The Morgan fingerprint density at radius 2 is 1.75 bits per heavy atom. The van der Waals surface area contributed by atoms with Gasteiger partial charge in [0.15, 0.2) is 5.65 Å². The van der Waals surface area contributed by atoms with E-state index in [0.717, 1.165) is 10.1 Å². The highest BCUT2D eigenvalue weighted by atomic mass is 19.4. The van der Waals surface area contributed by atoms with Gasteiger partial charge in [0.1, 0.15) is 5.82 Å². The summed E-state index contributed by atoms with van der Waals surface area (Å²) in [6.07, 6.45) is -3.44. The monoisotopic (exact) mass is 446 g/mol. The van der Waals surface area contributed by atoms with Crippen molar-refractivity contribution in [1.29, 1.82) is 0 Å². The molecular formula is C22H25F3N6O. The van der Waals surface area contributed by atoms with Crippen molar-refractivity contribution in [2.75, 3.05) is 18.0 Å². The van der Waals surface area contributed by atoms with Crippen LogP contribution in [0.4, 0.5) is 19.0 Å². The van der Waals surface area contributed by atoms with Gasteiger partial charge < -0.3 is 10.2 Å². The van der Waals surface area contributed by atoms with E-state index in [1.165, 1.54) is 6.07 Å². The first-order valence-corrected chi connectivity index (χ1v) is 10.6. The molecule has 4 rings (SSSR count). The maximum Gasteiger partial charge on any atom is 0.453 e. The summed E-state index contributed by atoms with van der Waals surface area (Å²) in [7, 11) is 0. The zero-order valence-corrected chi connectivity index (χ0v) is 17.9. The van der Waals surface area contributed by atoms with Crippen molar-refractivity contribution < 1.29 is 18.0 Å². The van der Waals surface area contributed by atoms with Crippen LogP contribution in [-0.4, -0.2) is 38.8 Å². The summed E-state index contributed by atoms with van der Waals surface area (Å²) in [5.41, 5.74) is 1.11. The van der Waals surface area contributed by atoms with Crippen LogP contribution in [0.25, 0.3) is 5.65 Å². The minimum Gasteiger partial charge on any atom is -0.355 e. The van der Waals surface area contributed by atoms with Crippen LogP contribution in [0.3, 0.4) is 0 Å². The summed E-state index contributed by atoms with van der Waals surface area (Å²) in [5, 5.41) is 14.0. The van der Waals surface area contributed by atoms with Crippen LogP contribution in [0, 0.1) is 11.8 Å². The molecule has 2 aromatic heterocycles. The molecule has 0 radical (unpaired) electrons. The number of amides is 1. The fourth-order valence-electron chi connectivity index (χ4n) is 4.06. The van der Waals surface area contributed by atoms with Gasteiger partial charge in [-0.1, -0.05) is 44.2 Å². The van der Waals surface area contributed by atoms with E-state index in [1.54, 1.807) is 6.07 Å². The number of carbonyl (C=O) groups excluding carboxylic acids is 1. The highest BCUT2D eigenvalue weighted by Crippen LogP contribution is 2.29. The molecule has 1 amide bonds. The van der Waals surface area contributed by atoms with Gasteiger partial charge in [0.05, 0.1) is 6.04 Å². The van der Waals surface area contributed by atoms with Crippen LogP contribution in [0.1, 0.15) is 44.1 Å². The van der Waals surface area contributed by atoms with Crippen molar-refractivity contribution in [3.8, 4) is 0 Å². The summed E-state index contributed by atoms with van der Waals surface area (Å²) in [4.78, 5) is 14.8. The summed E-state index contributed by atoms with van der Waals surface area (Å²) < 4.78 is 40.1. The number of benzene rings is 1. The van der Waals surface area contributed by atoms with Gasteiger partial charge >= 0.3 is 6.18 Å². The topological polar surface area (TPSA) is 75.4 Å². The Morgan fingerprint density at radius 1 is 1.06 bits per heavy atom. The number of alkyl halides is 3.